The van der Waals surface area contributed by atoms with Crippen LogP contribution >= 0.6 is 12.6 Å². The van der Waals surface area contributed by atoms with Crippen molar-refractivity contribution in [1.29, 1.82) is 37.9 Å². The minimum Gasteiger partial charge on any atom is -0.370 e. The average molecular weight is 1410 g/mol. The van der Waals surface area contributed by atoms with Gasteiger partial charge in [-0.1, -0.05) is 6.92 Å². The number of hydrogen-bond acceptors (Lipinski definition) is 20. The van der Waals surface area contributed by atoms with Crippen LogP contribution in [0.1, 0.15) is 116 Å². The highest BCUT2D eigenvalue weighted by atomic mass is 32.1. The van der Waals surface area contributed by atoms with Crippen LogP contribution in [0.25, 0.3) is 0 Å². The van der Waals surface area contributed by atoms with Gasteiger partial charge in [0.25, 0.3) is 0 Å². The summed E-state index contributed by atoms with van der Waals surface area (Å²) in [5.41, 5.74) is 49.6. The van der Waals surface area contributed by atoms with Gasteiger partial charge in [-0.25, -0.2) is 0 Å². The average Bonchev–Trinajstić information content (AvgIpc) is 0.871. The van der Waals surface area contributed by atoms with E-state index in [0.717, 1.165) is 0 Å². The lowest BCUT2D eigenvalue weighted by Gasteiger charge is -2.28. The first-order chi connectivity index (χ1) is 46.3. The maximum Gasteiger partial charge on any atom is 0.243 e. The molecule has 0 unspecified atom stereocenters. The molecule has 98 heavy (non-hydrogen) atoms. The maximum atomic E-state index is 14.8. The molecular formula is C54H109N33O10S. The molecule has 0 heterocycles. The van der Waals surface area contributed by atoms with Gasteiger partial charge in [-0.15, -0.1) is 0 Å². The van der Waals surface area contributed by atoms with E-state index in [-0.39, 0.29) is 192 Å². The van der Waals surface area contributed by atoms with Crippen LogP contribution in [-0.2, 0) is 47.9 Å². The SMILES string of the molecule is CCC(=O)N[C@H](CCCNC(=N)N)C(=O)N[C@H](CCCNC(=N)N)C(=O)N[C@H](CCCNC(=N)N)C(=O)N[C@H](CCCNCN)C(=O)N[C@H](CCCNC(=N)N)C(=O)N[C@H](CCCNC(=N)N)C(=O)N[C@H](CCCNC(=N)N)C(=O)N[C@H](CCCNC(=N)N)C(=O)N[C@H](CS)C(N)=O. The van der Waals surface area contributed by atoms with Gasteiger partial charge in [0.15, 0.2) is 41.7 Å². The first-order valence-electron chi connectivity index (χ1n) is 31.9. The third-order valence-electron chi connectivity index (χ3n) is 14.1. The number of primary amides is 1. The third kappa shape index (κ3) is 42.3. The molecule has 0 spiro atoms. The van der Waals surface area contributed by atoms with Crippen LogP contribution < -0.4 is 142 Å². The van der Waals surface area contributed by atoms with Gasteiger partial charge in [-0.2, -0.15) is 12.6 Å². The van der Waals surface area contributed by atoms with Gasteiger partial charge in [-0.3, -0.25) is 85.8 Å². The minimum absolute atomic E-state index is 0.00108. The van der Waals surface area contributed by atoms with Crippen LogP contribution in [0.15, 0.2) is 0 Å². The summed E-state index contributed by atoms with van der Waals surface area (Å²) < 4.78 is 0. The van der Waals surface area contributed by atoms with Crippen molar-refractivity contribution < 1.29 is 47.9 Å². The van der Waals surface area contributed by atoms with Gasteiger partial charge in [0.2, 0.25) is 59.1 Å². The quantitative estimate of drug-likeness (QED) is 0.00884. The van der Waals surface area contributed by atoms with Gasteiger partial charge in [0.05, 0.1) is 0 Å². The highest BCUT2D eigenvalue weighted by Crippen LogP contribution is 2.11. The number of hydrogen-bond donors (Lipinski definition) is 34. The summed E-state index contributed by atoms with van der Waals surface area (Å²) in [4.78, 5) is 140. The topological polar surface area (TPSA) is 776 Å². The number of carbonyl (C=O) groups is 10. The summed E-state index contributed by atoms with van der Waals surface area (Å²) in [6, 6.07) is -12.7. The fourth-order valence-electron chi connectivity index (χ4n) is 9.07. The molecule has 556 valence electrons. The van der Waals surface area contributed by atoms with Crippen LogP contribution in [0.4, 0.5) is 0 Å². The molecule has 0 fully saturated rings. The summed E-state index contributed by atoms with van der Waals surface area (Å²) in [5.74, 6) is -11.5. The first kappa shape index (κ1) is 87.9. The molecule has 0 bridgehead atoms. The molecule has 0 saturated carbocycles. The summed E-state index contributed by atoms with van der Waals surface area (Å²) in [5, 5.41) is 97.9. The molecule has 0 aromatic heterocycles. The van der Waals surface area contributed by atoms with E-state index in [2.05, 4.69) is 103 Å². The second kappa shape index (κ2) is 51.2. The number of rotatable bonds is 53. The van der Waals surface area contributed by atoms with E-state index in [9.17, 15) is 47.9 Å². The van der Waals surface area contributed by atoms with Crippen molar-refractivity contribution in [1.82, 2.24) is 90.4 Å². The van der Waals surface area contributed by atoms with E-state index in [4.69, 9.17) is 89.5 Å². The Balaban J connectivity index is 7.67. The van der Waals surface area contributed by atoms with Gasteiger partial charge in [-0.05, 0) is 109 Å². The zero-order chi connectivity index (χ0) is 74.1. The summed E-state index contributed by atoms with van der Waals surface area (Å²) >= 11 is 4.08. The molecule has 0 saturated heterocycles. The molecule has 0 aromatic rings. The van der Waals surface area contributed by atoms with Gasteiger partial charge >= 0.3 is 0 Å². The Kier molecular flexibility index (Phi) is 45.9. The van der Waals surface area contributed by atoms with E-state index in [1.54, 1.807) is 6.92 Å². The third-order valence-corrected chi connectivity index (χ3v) is 14.5. The molecule has 0 radical (unpaired) electrons. The lowest BCUT2D eigenvalue weighted by Crippen LogP contribution is -2.60. The zero-order valence-electron chi connectivity index (χ0n) is 55.5. The number of nitrogens with two attached hydrogens (primary N) is 9. The minimum atomic E-state index is -1.54. The van der Waals surface area contributed by atoms with Gasteiger partial charge < -0.3 is 142 Å². The largest absolute Gasteiger partial charge is 0.370 e. The molecule has 0 aliphatic rings. The fourth-order valence-corrected chi connectivity index (χ4v) is 9.34. The van der Waals surface area contributed by atoms with Crippen molar-refractivity contribution in [2.45, 2.75) is 170 Å². The standard InChI is InChI=1S/C54H109N33O10S/c1-2-38(88)79-29(12-4-20-72-48(57)58)40(90)80-31(13-5-21-73-49(59)60)42(92)83-32(14-6-22-74-50(61)62)43(93)81-30(11-3-19-71-28-55)41(91)82-33(15-7-23-75-51(63)64)44(94)84-34(16-8-24-76-52(65)66)45(95)85-35(17-9-25-77-53(67)68)46(96)86-36(18-10-26-78-54(69)70)47(97)87-37(27-98)39(56)89/h29-37,71,98H,2-28,55H2,1H3,(H2,56,89)(H,79,88)(H,80,90)(H,81,93)(H,82,91)(H,83,92)(H,84,94)(H,85,95)(H,86,96)(H,87,97)(H4,57,58,72)(H4,59,60,73)(H4,61,62,74)(H4,63,64,75)(H4,65,66,76)(H4,67,68,77)(H4,69,70,78)/t29-,30-,31-,32-,33-,34-,35-,36-,37-/m1/s1. The first-order valence-corrected chi connectivity index (χ1v) is 32.6. The molecular weight excluding hydrogens is 1300 g/mol. The number of thiol groups is 1. The van der Waals surface area contributed by atoms with Crippen molar-refractivity contribution in [3.63, 3.8) is 0 Å². The van der Waals surface area contributed by atoms with Gasteiger partial charge in [0, 0.05) is 64.7 Å². The Morgan fingerprint density at radius 2 is 0.469 bits per heavy atom. The van der Waals surface area contributed by atoms with E-state index in [1.165, 1.54) is 0 Å². The van der Waals surface area contributed by atoms with Crippen LogP contribution in [0.3, 0.4) is 0 Å². The maximum absolute atomic E-state index is 14.8. The Bertz CT molecular complexity index is 2640. The summed E-state index contributed by atoms with van der Waals surface area (Å²) in [6.07, 6.45) is -0.00881. The Morgan fingerprint density at radius 1 is 0.296 bits per heavy atom. The Hall–Kier alpha value is -10.1. The van der Waals surface area contributed by atoms with Crippen LogP contribution in [0.2, 0.25) is 0 Å². The van der Waals surface area contributed by atoms with Crippen molar-refractivity contribution in [2.75, 3.05) is 64.8 Å². The molecule has 9 atom stereocenters. The van der Waals surface area contributed by atoms with E-state index in [1.807, 2.05) is 0 Å². The number of carbonyl (C=O) groups excluding carboxylic acids is 10. The second-order valence-corrected chi connectivity index (χ2v) is 22.6. The lowest BCUT2D eigenvalue weighted by molar-refractivity contribution is -0.136. The highest BCUT2D eigenvalue weighted by Gasteiger charge is 2.35. The molecule has 0 aliphatic carbocycles. The summed E-state index contributed by atoms with van der Waals surface area (Å²) in [7, 11) is 0. The lowest BCUT2D eigenvalue weighted by atomic mass is 10.0. The number of guanidine groups is 7. The smallest absolute Gasteiger partial charge is 0.243 e. The van der Waals surface area contributed by atoms with Gasteiger partial charge in [0.1, 0.15) is 54.4 Å². The molecule has 42 N–H and O–H groups in total. The highest BCUT2D eigenvalue weighted by molar-refractivity contribution is 7.80. The fraction of sp³-hybridized carbons (Fsp3) is 0.685. The van der Waals surface area contributed by atoms with Crippen molar-refractivity contribution in [2.24, 2.45) is 51.6 Å². The predicted octanol–water partition coefficient (Wildman–Crippen LogP) is -10.7. The predicted molar refractivity (Wildman–Crippen MR) is 371 cm³/mol. The van der Waals surface area contributed by atoms with Crippen LogP contribution in [0, 0.1) is 37.9 Å². The Labute approximate surface area is 574 Å². The molecule has 0 aromatic carbocycles. The number of amides is 10. The van der Waals surface area contributed by atoms with E-state index >= 15 is 0 Å². The zero-order valence-corrected chi connectivity index (χ0v) is 56.4. The molecule has 44 heteroatoms. The van der Waals surface area contributed by atoms with Crippen molar-refractivity contribution >= 4 is 113 Å². The monoisotopic (exact) mass is 1410 g/mol. The van der Waals surface area contributed by atoms with Crippen LogP contribution in [0.5, 0.6) is 0 Å². The van der Waals surface area contributed by atoms with Crippen LogP contribution in [-0.4, -0.2) is 220 Å². The number of nitrogens with one attached hydrogen (secondary N) is 24. The second-order valence-electron chi connectivity index (χ2n) is 22.3. The molecule has 43 nitrogen and oxygen atoms in total. The normalized spacial score (nSPS) is 13.4. The van der Waals surface area contributed by atoms with Crippen molar-refractivity contribution in [3.05, 3.63) is 0 Å². The molecule has 0 aliphatic heterocycles. The molecule has 10 amide bonds. The molecule has 0 rings (SSSR count). The Morgan fingerprint density at radius 3 is 0.622 bits per heavy atom. The van der Waals surface area contributed by atoms with E-state index < -0.39 is 137 Å². The van der Waals surface area contributed by atoms with Crippen molar-refractivity contribution in [3.8, 4) is 0 Å². The summed E-state index contributed by atoms with van der Waals surface area (Å²) in [6.45, 7) is 2.22. The van der Waals surface area contributed by atoms with E-state index in [0.29, 0.717) is 0 Å².